The Morgan fingerprint density at radius 2 is 1.91 bits per heavy atom. The zero-order valence-electron chi connectivity index (χ0n) is 13.1. The van der Waals surface area contributed by atoms with Crippen molar-refractivity contribution in [2.45, 2.75) is 30.6 Å². The lowest BCUT2D eigenvalue weighted by molar-refractivity contribution is -0.367. The Morgan fingerprint density at radius 3 is 2.52 bits per heavy atom. The fourth-order valence-corrected chi connectivity index (χ4v) is 4.75. The molecule has 126 valence electrons. The van der Waals surface area contributed by atoms with Crippen LogP contribution in [0.5, 0.6) is 0 Å². The van der Waals surface area contributed by atoms with Crippen LogP contribution in [0.25, 0.3) is 0 Å². The largest absolute Gasteiger partial charge is 0.369 e. The molecule has 3 N–H and O–H groups in total. The van der Waals surface area contributed by atoms with Gasteiger partial charge in [-0.2, -0.15) is 4.31 Å². The van der Waals surface area contributed by atoms with Gasteiger partial charge in [0, 0.05) is 19.2 Å². The third kappa shape index (κ3) is 3.32. The second-order valence-corrected chi connectivity index (χ2v) is 8.15. The number of nitrogens with one attached hydrogen (secondary N) is 1. The number of hydrogen-bond donors (Lipinski definition) is 1. The molecule has 2 aliphatic heterocycles. The van der Waals surface area contributed by atoms with Gasteiger partial charge in [-0.05, 0) is 31.7 Å². The van der Waals surface area contributed by atoms with Crippen LogP contribution in [0.1, 0.15) is 25.7 Å². The third-order valence-corrected chi connectivity index (χ3v) is 6.53. The smallest absolute Gasteiger partial charge is 0.274 e. The van der Waals surface area contributed by atoms with Crippen molar-refractivity contribution in [1.29, 1.82) is 0 Å². The van der Waals surface area contributed by atoms with Crippen LogP contribution >= 0.6 is 0 Å². The van der Waals surface area contributed by atoms with Gasteiger partial charge < -0.3 is 5.73 Å². The standard InChI is InChI=1S/C15H22N4O3S/c16-15(20)12-4-3-7-18(11-12)14-6-5-13(10-17-14)23(21,22)19-8-1-2-9-19/h5-6,10,12H,1-4,7-9,11H2,(H2,16,20)/p+1/t12-/m1/s1. The number of piperidine rings is 1. The Morgan fingerprint density at radius 1 is 1.17 bits per heavy atom. The van der Waals surface area contributed by atoms with Gasteiger partial charge in [-0.15, -0.1) is 0 Å². The lowest BCUT2D eigenvalue weighted by Gasteiger charge is -2.26. The first kappa shape index (κ1) is 16.2. The van der Waals surface area contributed by atoms with E-state index in [0.29, 0.717) is 19.6 Å². The highest BCUT2D eigenvalue weighted by molar-refractivity contribution is 7.89. The fourth-order valence-electron chi connectivity index (χ4n) is 3.27. The summed E-state index contributed by atoms with van der Waals surface area (Å²) in [5.41, 5.74) is 5.40. The van der Waals surface area contributed by atoms with Gasteiger partial charge >= 0.3 is 0 Å². The van der Waals surface area contributed by atoms with Gasteiger partial charge in [-0.1, -0.05) is 0 Å². The predicted molar refractivity (Wildman–Crippen MR) is 85.1 cm³/mol. The number of carbonyl (C=O) groups is 1. The summed E-state index contributed by atoms with van der Waals surface area (Å²) < 4.78 is 26.5. The van der Waals surface area contributed by atoms with Gasteiger partial charge in [0.25, 0.3) is 5.82 Å². The van der Waals surface area contributed by atoms with Crippen molar-refractivity contribution in [1.82, 2.24) is 4.31 Å². The number of aromatic amines is 1. The molecule has 8 heteroatoms. The maximum Gasteiger partial charge on any atom is 0.274 e. The molecule has 2 fully saturated rings. The number of aromatic nitrogens is 1. The number of primary amides is 1. The molecule has 3 heterocycles. The number of sulfonamides is 1. The highest BCUT2D eigenvalue weighted by atomic mass is 32.2. The molecular formula is C15H23N4O3S+. The molecule has 1 aromatic heterocycles. The highest BCUT2D eigenvalue weighted by Crippen LogP contribution is 2.23. The Bertz CT molecular complexity index is 668. The second kappa shape index (κ2) is 6.45. The van der Waals surface area contributed by atoms with Gasteiger partial charge in [0.2, 0.25) is 15.9 Å². The summed E-state index contributed by atoms with van der Waals surface area (Å²) >= 11 is 0. The van der Waals surface area contributed by atoms with E-state index in [-0.39, 0.29) is 16.7 Å². The molecule has 23 heavy (non-hydrogen) atoms. The topological polar surface area (TPSA) is 97.8 Å². The summed E-state index contributed by atoms with van der Waals surface area (Å²) in [6.07, 6.45) is 5.09. The number of hydrogen-bond acceptors (Lipinski definition) is 4. The van der Waals surface area contributed by atoms with Crippen molar-refractivity contribution in [3.05, 3.63) is 18.3 Å². The molecule has 1 amide bonds. The van der Waals surface area contributed by atoms with E-state index in [2.05, 4.69) is 4.98 Å². The van der Waals surface area contributed by atoms with Crippen molar-refractivity contribution in [2.75, 3.05) is 31.1 Å². The van der Waals surface area contributed by atoms with E-state index in [1.165, 1.54) is 10.5 Å². The first-order chi connectivity index (χ1) is 11.0. The molecule has 0 saturated carbocycles. The van der Waals surface area contributed by atoms with Crippen molar-refractivity contribution < 1.29 is 18.2 Å². The van der Waals surface area contributed by atoms with E-state index >= 15 is 0 Å². The Labute approximate surface area is 136 Å². The molecule has 3 rings (SSSR count). The number of nitrogens with zero attached hydrogens (tertiary/aromatic N) is 2. The van der Waals surface area contributed by atoms with Crippen LogP contribution in [-0.2, 0) is 14.8 Å². The van der Waals surface area contributed by atoms with Gasteiger partial charge in [0.1, 0.15) is 11.1 Å². The molecule has 0 unspecified atom stereocenters. The van der Waals surface area contributed by atoms with Crippen LogP contribution in [0.3, 0.4) is 0 Å². The molecule has 0 bridgehead atoms. The van der Waals surface area contributed by atoms with Crippen LogP contribution in [0.4, 0.5) is 5.82 Å². The molecule has 7 nitrogen and oxygen atoms in total. The molecule has 0 aliphatic carbocycles. The molecule has 2 aliphatic rings. The van der Waals surface area contributed by atoms with Crippen LogP contribution in [0.15, 0.2) is 23.2 Å². The molecule has 0 spiro atoms. The number of nitrogens with two attached hydrogens (primary N) is 1. The van der Waals surface area contributed by atoms with Crippen LogP contribution in [0, 0.1) is 5.92 Å². The average Bonchev–Trinajstić information content (AvgIpc) is 3.10. The molecule has 1 atom stereocenters. The van der Waals surface area contributed by atoms with Crippen LogP contribution in [-0.4, -0.2) is 44.8 Å². The molecular weight excluding hydrogens is 316 g/mol. The summed E-state index contributed by atoms with van der Waals surface area (Å²) in [5.74, 6) is 0.393. The molecule has 1 aromatic rings. The van der Waals surface area contributed by atoms with Crippen molar-refractivity contribution in [2.24, 2.45) is 11.7 Å². The van der Waals surface area contributed by atoms with E-state index in [1.54, 1.807) is 12.1 Å². The number of anilines is 1. The Kier molecular flexibility index (Phi) is 4.54. The first-order valence-corrected chi connectivity index (χ1v) is 9.48. The van der Waals surface area contributed by atoms with E-state index in [0.717, 1.165) is 38.0 Å². The summed E-state index contributed by atoms with van der Waals surface area (Å²) in [7, 11) is -3.40. The van der Waals surface area contributed by atoms with Crippen LogP contribution < -0.4 is 15.6 Å². The quantitative estimate of drug-likeness (QED) is 0.834. The average molecular weight is 339 g/mol. The summed E-state index contributed by atoms with van der Waals surface area (Å²) in [6, 6.07) is 3.40. The Balaban J connectivity index is 1.75. The van der Waals surface area contributed by atoms with Crippen molar-refractivity contribution >= 4 is 21.7 Å². The Hall–Kier alpha value is -1.67. The van der Waals surface area contributed by atoms with Gasteiger partial charge in [0.05, 0.1) is 19.0 Å². The summed E-state index contributed by atoms with van der Waals surface area (Å²) in [6.45, 7) is 2.59. The van der Waals surface area contributed by atoms with Crippen molar-refractivity contribution in [3.63, 3.8) is 0 Å². The van der Waals surface area contributed by atoms with Crippen molar-refractivity contribution in [3.8, 4) is 0 Å². The maximum absolute atomic E-state index is 12.5. The maximum atomic E-state index is 12.5. The number of rotatable bonds is 4. The molecule has 2 saturated heterocycles. The van der Waals surface area contributed by atoms with Gasteiger partial charge in [-0.25, -0.2) is 13.4 Å². The normalized spacial score (nSPS) is 23.1. The zero-order valence-corrected chi connectivity index (χ0v) is 13.9. The zero-order chi connectivity index (χ0) is 16.4. The summed E-state index contributed by atoms with van der Waals surface area (Å²) in [4.78, 5) is 16.8. The monoisotopic (exact) mass is 339 g/mol. The number of amides is 1. The number of H-pyrrole nitrogens is 1. The minimum atomic E-state index is -3.40. The minimum Gasteiger partial charge on any atom is -0.369 e. The minimum absolute atomic E-state index is 0.148. The van der Waals surface area contributed by atoms with E-state index < -0.39 is 10.0 Å². The number of carbonyl (C=O) groups excluding carboxylic acids is 1. The fraction of sp³-hybridized carbons (Fsp3) is 0.600. The van der Waals surface area contributed by atoms with Gasteiger partial charge in [0.15, 0.2) is 0 Å². The second-order valence-electron chi connectivity index (χ2n) is 6.21. The van der Waals surface area contributed by atoms with E-state index in [4.69, 9.17) is 5.73 Å². The number of pyridine rings is 1. The predicted octanol–water partition coefficient (Wildman–Crippen LogP) is -0.0131. The van der Waals surface area contributed by atoms with Gasteiger partial charge in [-0.3, -0.25) is 9.69 Å². The third-order valence-electron chi connectivity index (χ3n) is 4.64. The van der Waals surface area contributed by atoms with Crippen LogP contribution in [0.2, 0.25) is 0 Å². The van der Waals surface area contributed by atoms with E-state index in [9.17, 15) is 13.2 Å². The van der Waals surface area contributed by atoms with E-state index in [1.807, 2.05) is 4.90 Å². The lowest BCUT2D eigenvalue weighted by atomic mass is 9.97. The first-order valence-electron chi connectivity index (χ1n) is 8.04. The highest BCUT2D eigenvalue weighted by Gasteiger charge is 2.31. The lowest BCUT2D eigenvalue weighted by Crippen LogP contribution is -2.43. The molecule has 0 radical (unpaired) electrons. The summed E-state index contributed by atoms with van der Waals surface area (Å²) in [5, 5.41) is 0. The molecule has 0 aromatic carbocycles. The SMILES string of the molecule is NC(=O)[C@@H]1CCCN(c2ccc(S(=O)(=O)N3CCCC3)c[nH+]2)C1.